The summed E-state index contributed by atoms with van der Waals surface area (Å²) in [7, 11) is 0. The lowest BCUT2D eigenvalue weighted by molar-refractivity contribution is 0.183. The highest BCUT2D eigenvalue weighted by Gasteiger charge is 2.09. The topological polar surface area (TPSA) is 44.2 Å². The fraction of sp³-hybridized carbons (Fsp3) is 0.467. The Bertz CT molecular complexity index is 959. The Morgan fingerprint density at radius 2 is 1.23 bits per heavy atom. The van der Waals surface area contributed by atoms with E-state index < -0.39 is 6.17 Å². The molecule has 188 valence electrons. The van der Waals surface area contributed by atoms with Crippen molar-refractivity contribution in [2.24, 2.45) is 0 Å². The zero-order valence-electron chi connectivity index (χ0n) is 21.2. The first-order valence-corrected chi connectivity index (χ1v) is 13.1. The third-order valence-electron chi connectivity index (χ3n) is 6.03. The van der Waals surface area contributed by atoms with E-state index in [2.05, 4.69) is 48.1 Å². The number of alkyl halides is 1. The van der Waals surface area contributed by atoms with E-state index in [-0.39, 0.29) is 6.61 Å². The molecule has 0 aliphatic heterocycles. The van der Waals surface area contributed by atoms with E-state index in [1.807, 2.05) is 24.3 Å². The van der Waals surface area contributed by atoms with Gasteiger partial charge in [0.2, 0.25) is 0 Å². The number of ether oxygens (including phenoxy) is 2. The molecule has 1 aromatic heterocycles. The summed E-state index contributed by atoms with van der Waals surface area (Å²) in [5.41, 5.74) is 3.18. The summed E-state index contributed by atoms with van der Waals surface area (Å²) >= 11 is 0. The average Bonchev–Trinajstić information content (AvgIpc) is 2.91. The van der Waals surface area contributed by atoms with Gasteiger partial charge in [-0.3, -0.25) is 0 Å². The summed E-state index contributed by atoms with van der Waals surface area (Å²) in [6.07, 6.45) is 11.9. The second-order valence-electron chi connectivity index (χ2n) is 9.01. The van der Waals surface area contributed by atoms with E-state index in [0.717, 1.165) is 61.2 Å². The van der Waals surface area contributed by atoms with Gasteiger partial charge in [0.1, 0.15) is 18.5 Å². The van der Waals surface area contributed by atoms with Crippen LogP contribution >= 0.6 is 0 Å². The van der Waals surface area contributed by atoms with Crippen LogP contribution in [0, 0.1) is 0 Å². The number of aromatic nitrogens is 2. The number of unbranched alkanes of at least 4 members (excludes halogenated alkanes) is 6. The van der Waals surface area contributed by atoms with E-state index in [9.17, 15) is 4.39 Å². The van der Waals surface area contributed by atoms with Crippen LogP contribution < -0.4 is 9.47 Å². The zero-order chi connectivity index (χ0) is 24.7. The SMILES string of the molecule is CCCCCCOc1ccc(-c2ccc(-c3ncc(OC[C@@H](F)CCCCCC)cn3)cc2)cc1. The maximum Gasteiger partial charge on any atom is 0.159 e. The predicted octanol–water partition coefficient (Wildman–Crippen LogP) is 8.46. The largest absolute Gasteiger partial charge is 0.494 e. The van der Waals surface area contributed by atoms with E-state index in [4.69, 9.17) is 9.47 Å². The molecule has 0 aliphatic rings. The number of hydrogen-bond acceptors (Lipinski definition) is 4. The second-order valence-corrected chi connectivity index (χ2v) is 9.01. The summed E-state index contributed by atoms with van der Waals surface area (Å²) in [4.78, 5) is 8.80. The smallest absolute Gasteiger partial charge is 0.159 e. The fourth-order valence-corrected chi connectivity index (χ4v) is 3.88. The van der Waals surface area contributed by atoms with Crippen LogP contribution in [0.15, 0.2) is 60.9 Å². The number of benzene rings is 2. The van der Waals surface area contributed by atoms with Crippen molar-refractivity contribution in [2.45, 2.75) is 77.8 Å². The maximum absolute atomic E-state index is 14.0. The fourth-order valence-electron chi connectivity index (χ4n) is 3.88. The first-order valence-electron chi connectivity index (χ1n) is 13.1. The quantitative estimate of drug-likeness (QED) is 0.194. The van der Waals surface area contributed by atoms with Crippen molar-refractivity contribution in [2.75, 3.05) is 13.2 Å². The highest BCUT2D eigenvalue weighted by atomic mass is 19.1. The molecule has 4 nitrogen and oxygen atoms in total. The molecule has 1 heterocycles. The van der Waals surface area contributed by atoms with Gasteiger partial charge >= 0.3 is 0 Å². The van der Waals surface area contributed by atoms with Crippen LogP contribution in [0.3, 0.4) is 0 Å². The molecule has 0 spiro atoms. The molecule has 0 fully saturated rings. The molecule has 2 aromatic carbocycles. The van der Waals surface area contributed by atoms with Crippen LogP contribution in [0.1, 0.15) is 71.6 Å². The van der Waals surface area contributed by atoms with Gasteiger partial charge in [0.05, 0.1) is 19.0 Å². The van der Waals surface area contributed by atoms with E-state index >= 15 is 0 Å². The van der Waals surface area contributed by atoms with Crippen molar-refractivity contribution >= 4 is 0 Å². The lowest BCUT2D eigenvalue weighted by Crippen LogP contribution is -2.13. The third kappa shape index (κ3) is 9.31. The van der Waals surface area contributed by atoms with Crippen LogP contribution in [0.2, 0.25) is 0 Å². The van der Waals surface area contributed by atoms with Crippen molar-refractivity contribution in [3.05, 3.63) is 60.9 Å². The molecule has 5 heteroatoms. The van der Waals surface area contributed by atoms with E-state index in [0.29, 0.717) is 18.0 Å². The van der Waals surface area contributed by atoms with Crippen molar-refractivity contribution in [3.63, 3.8) is 0 Å². The Kier molecular flexibility index (Phi) is 11.5. The van der Waals surface area contributed by atoms with Gasteiger partial charge in [-0.15, -0.1) is 0 Å². The molecule has 0 aliphatic carbocycles. The minimum atomic E-state index is -0.953. The number of rotatable bonds is 16. The molecule has 0 saturated heterocycles. The van der Waals surface area contributed by atoms with E-state index in [1.54, 1.807) is 12.4 Å². The van der Waals surface area contributed by atoms with Crippen LogP contribution in [0.5, 0.6) is 11.5 Å². The molecule has 3 rings (SSSR count). The van der Waals surface area contributed by atoms with Gasteiger partial charge in [0.15, 0.2) is 11.6 Å². The van der Waals surface area contributed by atoms with Crippen LogP contribution in [0.4, 0.5) is 4.39 Å². The molecular weight excluding hydrogens is 439 g/mol. The molecule has 1 atom stereocenters. The van der Waals surface area contributed by atoms with E-state index in [1.165, 1.54) is 19.3 Å². The Morgan fingerprint density at radius 3 is 1.86 bits per heavy atom. The van der Waals surface area contributed by atoms with Gasteiger partial charge in [-0.25, -0.2) is 14.4 Å². The monoisotopic (exact) mass is 478 g/mol. The minimum absolute atomic E-state index is 0.0478. The van der Waals surface area contributed by atoms with Gasteiger partial charge in [-0.05, 0) is 36.1 Å². The molecule has 0 saturated carbocycles. The molecule has 0 N–H and O–H groups in total. The Labute approximate surface area is 209 Å². The van der Waals surface area contributed by atoms with Gasteiger partial charge < -0.3 is 9.47 Å². The average molecular weight is 479 g/mol. The zero-order valence-corrected chi connectivity index (χ0v) is 21.2. The number of halogens is 1. The Balaban J connectivity index is 1.47. The molecular formula is C30H39FN2O2. The second kappa shape index (κ2) is 15.1. The molecule has 0 amide bonds. The number of nitrogens with zero attached hydrogens (tertiary/aromatic N) is 2. The Hall–Kier alpha value is -2.95. The summed E-state index contributed by atoms with van der Waals surface area (Å²) in [5, 5.41) is 0. The molecule has 0 bridgehead atoms. The summed E-state index contributed by atoms with van der Waals surface area (Å²) in [6.45, 7) is 5.18. The first-order chi connectivity index (χ1) is 17.2. The van der Waals surface area contributed by atoms with Crippen molar-refractivity contribution < 1.29 is 13.9 Å². The van der Waals surface area contributed by atoms with Gasteiger partial charge in [-0.2, -0.15) is 0 Å². The van der Waals surface area contributed by atoms with Crippen LogP contribution in [-0.2, 0) is 0 Å². The molecule has 0 radical (unpaired) electrons. The van der Waals surface area contributed by atoms with Gasteiger partial charge in [-0.1, -0.05) is 95.2 Å². The van der Waals surface area contributed by atoms with Crippen LogP contribution in [0.25, 0.3) is 22.5 Å². The molecule has 35 heavy (non-hydrogen) atoms. The maximum atomic E-state index is 14.0. The highest BCUT2D eigenvalue weighted by molar-refractivity contribution is 5.68. The summed E-state index contributed by atoms with van der Waals surface area (Å²) in [6, 6.07) is 16.4. The minimum Gasteiger partial charge on any atom is -0.494 e. The Morgan fingerprint density at radius 1 is 0.657 bits per heavy atom. The normalized spacial score (nSPS) is 11.9. The predicted molar refractivity (Wildman–Crippen MR) is 142 cm³/mol. The first kappa shape index (κ1) is 26.7. The van der Waals surface area contributed by atoms with Crippen LogP contribution in [-0.4, -0.2) is 29.4 Å². The summed E-state index contributed by atoms with van der Waals surface area (Å²) in [5.74, 6) is 2.02. The standard InChI is InChI=1S/C30H39FN2O2/c1-3-5-7-9-11-27(31)23-35-29-21-32-30(33-22-29)26-14-12-24(13-15-26)25-16-18-28(19-17-25)34-20-10-8-6-4-2/h12-19,21-22,27H,3-11,20,23H2,1-2H3/t27-/m0/s1. The van der Waals surface area contributed by atoms with Crippen molar-refractivity contribution in [1.82, 2.24) is 9.97 Å². The van der Waals surface area contributed by atoms with Crippen molar-refractivity contribution in [1.29, 1.82) is 0 Å². The highest BCUT2D eigenvalue weighted by Crippen LogP contribution is 2.25. The van der Waals surface area contributed by atoms with Gasteiger partial charge in [0.25, 0.3) is 0 Å². The number of hydrogen-bond donors (Lipinski definition) is 0. The lowest BCUT2D eigenvalue weighted by Gasteiger charge is -2.10. The van der Waals surface area contributed by atoms with Gasteiger partial charge in [0, 0.05) is 5.56 Å². The third-order valence-corrected chi connectivity index (χ3v) is 6.03. The summed E-state index contributed by atoms with van der Waals surface area (Å²) < 4.78 is 25.4. The lowest BCUT2D eigenvalue weighted by atomic mass is 10.0. The molecule has 3 aromatic rings. The van der Waals surface area contributed by atoms with Crippen molar-refractivity contribution in [3.8, 4) is 34.0 Å². The molecule has 0 unspecified atom stereocenters.